The summed E-state index contributed by atoms with van der Waals surface area (Å²) in [6.07, 6.45) is 1.36. The third-order valence-corrected chi connectivity index (χ3v) is 5.11. The summed E-state index contributed by atoms with van der Waals surface area (Å²) in [6, 6.07) is 9.55. The van der Waals surface area contributed by atoms with Crippen LogP contribution in [0.3, 0.4) is 0 Å². The van der Waals surface area contributed by atoms with Crippen LogP contribution < -0.4 is 4.74 Å². The number of aryl methyl sites for hydroxylation is 1. The molecule has 1 nitrogen and oxygen atoms in total. The first kappa shape index (κ1) is 23.0. The van der Waals surface area contributed by atoms with E-state index in [-0.39, 0.29) is 16.5 Å². The second-order valence-corrected chi connectivity index (χ2v) is 7.46. The van der Waals surface area contributed by atoms with Crippen molar-refractivity contribution >= 4 is 10.8 Å². The predicted octanol–water partition coefficient (Wildman–Crippen LogP) is 8.34. The molecule has 0 aromatic heterocycles. The van der Waals surface area contributed by atoms with E-state index < -0.39 is 29.6 Å². The molecule has 3 aromatic carbocycles. The number of fused-ring (bicyclic) bond motifs is 1. The summed E-state index contributed by atoms with van der Waals surface area (Å²) < 4.78 is 83.4. The van der Waals surface area contributed by atoms with Crippen molar-refractivity contribution in [1.29, 1.82) is 0 Å². The van der Waals surface area contributed by atoms with Gasteiger partial charge in [-0.2, -0.15) is 0 Å². The normalized spacial score (nSPS) is 11.8. The van der Waals surface area contributed by atoms with Crippen LogP contribution in [0.4, 0.5) is 26.3 Å². The van der Waals surface area contributed by atoms with Crippen LogP contribution >= 0.6 is 0 Å². The molecule has 166 valence electrons. The van der Waals surface area contributed by atoms with E-state index in [1.54, 1.807) is 12.1 Å². The molecule has 0 spiro atoms. The van der Waals surface area contributed by atoms with Gasteiger partial charge in [0.05, 0.1) is 0 Å². The summed E-state index contributed by atoms with van der Waals surface area (Å²) in [5, 5.41) is 0.911. The highest BCUT2D eigenvalue weighted by Gasteiger charge is 2.34. The maximum absolute atomic E-state index is 15.1. The number of hydrogen-bond donors (Lipinski definition) is 0. The zero-order valence-electron chi connectivity index (χ0n) is 17.0. The van der Waals surface area contributed by atoms with Crippen LogP contribution in [-0.4, -0.2) is 6.36 Å². The quantitative estimate of drug-likeness (QED) is 0.253. The molecule has 0 bridgehead atoms. The minimum absolute atomic E-state index is 0.115. The van der Waals surface area contributed by atoms with E-state index in [4.69, 9.17) is 0 Å². The second-order valence-electron chi connectivity index (χ2n) is 7.46. The van der Waals surface area contributed by atoms with Crippen molar-refractivity contribution in [3.05, 3.63) is 65.5 Å². The fraction of sp³-hybridized carbons (Fsp3) is 0.333. The van der Waals surface area contributed by atoms with Gasteiger partial charge in [-0.3, -0.25) is 0 Å². The lowest BCUT2D eigenvalue weighted by molar-refractivity contribution is -0.276. The van der Waals surface area contributed by atoms with Crippen LogP contribution in [0.2, 0.25) is 0 Å². The first-order valence-corrected chi connectivity index (χ1v) is 10.2. The zero-order chi connectivity index (χ0) is 22.6. The molecule has 0 aliphatic heterocycles. The van der Waals surface area contributed by atoms with Gasteiger partial charge >= 0.3 is 6.36 Å². The largest absolute Gasteiger partial charge is 0.573 e. The zero-order valence-corrected chi connectivity index (χ0v) is 17.0. The van der Waals surface area contributed by atoms with Gasteiger partial charge in [0, 0.05) is 10.9 Å². The van der Waals surface area contributed by atoms with Crippen LogP contribution in [0.15, 0.2) is 42.5 Å². The average Bonchev–Trinajstić information content (AvgIpc) is 2.70. The molecule has 7 heteroatoms. The summed E-state index contributed by atoms with van der Waals surface area (Å²) >= 11 is 0. The lowest BCUT2D eigenvalue weighted by Crippen LogP contribution is -2.19. The summed E-state index contributed by atoms with van der Waals surface area (Å²) in [5.41, 5.74) is 0.738. The highest BCUT2D eigenvalue weighted by molar-refractivity contribution is 5.88. The van der Waals surface area contributed by atoms with Crippen LogP contribution in [0, 0.1) is 17.5 Å². The first-order valence-electron chi connectivity index (χ1n) is 10.2. The van der Waals surface area contributed by atoms with Gasteiger partial charge in [0.2, 0.25) is 5.75 Å². The van der Waals surface area contributed by atoms with Crippen LogP contribution in [0.1, 0.15) is 44.6 Å². The minimum Gasteiger partial charge on any atom is -0.399 e. The average molecular weight is 440 g/mol. The van der Waals surface area contributed by atoms with E-state index in [9.17, 15) is 22.0 Å². The van der Waals surface area contributed by atoms with Crippen LogP contribution in [0.5, 0.6) is 5.75 Å². The monoisotopic (exact) mass is 440 g/mol. The van der Waals surface area contributed by atoms with E-state index in [0.29, 0.717) is 17.5 Å². The molecule has 0 heterocycles. The van der Waals surface area contributed by atoms with Gasteiger partial charge in [0.15, 0.2) is 11.6 Å². The first-order chi connectivity index (χ1) is 14.7. The van der Waals surface area contributed by atoms with E-state index in [2.05, 4.69) is 11.7 Å². The van der Waals surface area contributed by atoms with Gasteiger partial charge in [-0.1, -0.05) is 62.9 Å². The fourth-order valence-electron chi connectivity index (χ4n) is 3.58. The van der Waals surface area contributed by atoms with Crippen molar-refractivity contribution in [3.8, 4) is 16.9 Å². The summed E-state index contributed by atoms with van der Waals surface area (Å²) in [7, 11) is 0. The number of unbranched alkanes of at least 4 members (excludes halogenated alkanes) is 4. The molecule has 3 rings (SSSR count). The number of rotatable bonds is 8. The maximum atomic E-state index is 15.1. The number of ether oxygens (including phenoxy) is 1. The lowest BCUT2D eigenvalue weighted by Gasteiger charge is -2.13. The van der Waals surface area contributed by atoms with Gasteiger partial charge in [-0.05, 0) is 41.5 Å². The fourth-order valence-corrected chi connectivity index (χ4v) is 3.58. The molecule has 0 fully saturated rings. The van der Waals surface area contributed by atoms with Gasteiger partial charge in [0.1, 0.15) is 5.82 Å². The summed E-state index contributed by atoms with van der Waals surface area (Å²) in [5.74, 6) is -5.40. The topological polar surface area (TPSA) is 9.23 Å². The predicted molar refractivity (Wildman–Crippen MR) is 108 cm³/mol. The SMILES string of the molecule is CCCCCCCc1ccc2c(F)c(-c3cc(F)c(OC(F)(F)F)c(F)c3)ccc2c1. The molecular weight excluding hydrogens is 418 g/mol. The van der Waals surface area contributed by atoms with E-state index >= 15 is 4.39 Å². The second kappa shape index (κ2) is 9.62. The number of hydrogen-bond acceptors (Lipinski definition) is 1. The lowest BCUT2D eigenvalue weighted by atomic mass is 9.97. The Morgan fingerprint density at radius 3 is 2.13 bits per heavy atom. The van der Waals surface area contributed by atoms with Crippen LogP contribution in [0.25, 0.3) is 21.9 Å². The molecule has 0 amide bonds. The molecule has 0 aliphatic rings. The molecule has 31 heavy (non-hydrogen) atoms. The van der Waals surface area contributed by atoms with Crippen molar-refractivity contribution in [2.45, 2.75) is 51.8 Å². The molecule has 0 atom stereocenters. The minimum atomic E-state index is -5.24. The molecule has 0 saturated carbocycles. The van der Waals surface area contributed by atoms with Gasteiger partial charge in [0.25, 0.3) is 0 Å². The summed E-state index contributed by atoms with van der Waals surface area (Å²) in [4.78, 5) is 0. The summed E-state index contributed by atoms with van der Waals surface area (Å²) in [6.45, 7) is 2.15. The van der Waals surface area contributed by atoms with E-state index in [0.717, 1.165) is 24.8 Å². The number of alkyl halides is 3. The van der Waals surface area contributed by atoms with Gasteiger partial charge in [-0.25, -0.2) is 13.2 Å². The molecular formula is C24H22F6O. The standard InChI is InChI=1S/C24H22F6O/c1-2-3-4-5-6-7-15-8-10-18-16(12-15)9-11-19(22(18)27)17-13-20(25)23(21(26)14-17)31-24(28,29)30/h8-14H,2-7H2,1H3. The smallest absolute Gasteiger partial charge is 0.399 e. The molecule has 3 aromatic rings. The van der Waals surface area contributed by atoms with E-state index in [1.165, 1.54) is 25.3 Å². The molecule has 0 radical (unpaired) electrons. The van der Waals surface area contributed by atoms with Crippen molar-refractivity contribution in [1.82, 2.24) is 0 Å². The Morgan fingerprint density at radius 1 is 0.806 bits per heavy atom. The van der Waals surface area contributed by atoms with Crippen LogP contribution in [-0.2, 0) is 6.42 Å². The van der Waals surface area contributed by atoms with Gasteiger partial charge < -0.3 is 4.74 Å². The molecule has 0 N–H and O–H groups in total. The molecule has 0 saturated heterocycles. The van der Waals surface area contributed by atoms with Crippen molar-refractivity contribution < 1.29 is 31.1 Å². The Kier molecular flexibility index (Phi) is 7.13. The Bertz CT molecular complexity index is 1030. The molecule has 0 aliphatic carbocycles. The Balaban J connectivity index is 1.87. The number of halogens is 6. The number of benzene rings is 3. The van der Waals surface area contributed by atoms with Crippen molar-refractivity contribution in [3.63, 3.8) is 0 Å². The molecule has 0 unspecified atom stereocenters. The Hall–Kier alpha value is -2.70. The third kappa shape index (κ3) is 5.71. The third-order valence-electron chi connectivity index (χ3n) is 5.11. The van der Waals surface area contributed by atoms with Crippen molar-refractivity contribution in [2.75, 3.05) is 0 Å². The Morgan fingerprint density at radius 2 is 1.48 bits per heavy atom. The van der Waals surface area contributed by atoms with Gasteiger partial charge in [-0.15, -0.1) is 13.2 Å². The Labute approximate surface area is 176 Å². The highest BCUT2D eigenvalue weighted by Crippen LogP contribution is 2.35. The highest BCUT2D eigenvalue weighted by atomic mass is 19.4. The van der Waals surface area contributed by atoms with Crippen molar-refractivity contribution in [2.24, 2.45) is 0 Å². The van der Waals surface area contributed by atoms with E-state index in [1.807, 2.05) is 12.1 Å². The maximum Gasteiger partial charge on any atom is 0.573 e.